The lowest BCUT2D eigenvalue weighted by Gasteiger charge is -2.23. The maximum absolute atomic E-state index is 11.9. The molecule has 0 aliphatic carbocycles. The minimum absolute atomic E-state index is 0.105. The van der Waals surface area contributed by atoms with E-state index in [2.05, 4.69) is 18.6 Å². The zero-order valence-corrected chi connectivity index (χ0v) is 12.8. The molecule has 0 aromatic heterocycles. The molecule has 0 saturated carbocycles. The van der Waals surface area contributed by atoms with Gasteiger partial charge >= 0.3 is 0 Å². The van der Waals surface area contributed by atoms with Crippen LogP contribution in [0.4, 0.5) is 0 Å². The van der Waals surface area contributed by atoms with Gasteiger partial charge in [-0.15, -0.1) is 0 Å². The van der Waals surface area contributed by atoms with Gasteiger partial charge in [-0.1, -0.05) is 18.7 Å². The summed E-state index contributed by atoms with van der Waals surface area (Å²) >= 11 is 0. The number of nitrogens with zero attached hydrogens (tertiary/aromatic N) is 2. The van der Waals surface area contributed by atoms with Gasteiger partial charge in [-0.25, -0.2) is 8.42 Å². The van der Waals surface area contributed by atoms with Gasteiger partial charge in [0.25, 0.3) is 0 Å². The summed E-state index contributed by atoms with van der Waals surface area (Å²) in [5.74, 6) is -0.105. The maximum atomic E-state index is 11.9. The Bertz CT molecular complexity index is 543. The minimum atomic E-state index is -3.44. The summed E-state index contributed by atoms with van der Waals surface area (Å²) in [7, 11) is -3.44. The molecular weight excluding hydrogens is 274 g/mol. The Balaban J connectivity index is 2.50. The summed E-state index contributed by atoms with van der Waals surface area (Å²) in [6.45, 7) is 7.16. The first kappa shape index (κ1) is 16.6. The fourth-order valence-corrected chi connectivity index (χ4v) is 2.95. The van der Waals surface area contributed by atoms with Gasteiger partial charge in [-0.3, -0.25) is 0 Å². The third-order valence-electron chi connectivity index (χ3n) is 3.19. The summed E-state index contributed by atoms with van der Waals surface area (Å²) in [6, 6.07) is 8.54. The molecule has 0 unspecified atom stereocenters. The molecule has 0 amide bonds. The highest BCUT2D eigenvalue weighted by Gasteiger charge is 2.04. The van der Waals surface area contributed by atoms with Crippen LogP contribution in [-0.4, -0.2) is 34.6 Å². The van der Waals surface area contributed by atoms with Gasteiger partial charge in [0, 0.05) is 0 Å². The van der Waals surface area contributed by atoms with Crippen molar-refractivity contribution in [1.29, 1.82) is 5.26 Å². The number of hydrogen-bond acceptors (Lipinski definition) is 3. The van der Waals surface area contributed by atoms with E-state index in [9.17, 15) is 8.42 Å². The van der Waals surface area contributed by atoms with Crippen LogP contribution < -0.4 is 4.90 Å². The van der Waals surface area contributed by atoms with Crippen LogP contribution in [0.3, 0.4) is 0 Å². The van der Waals surface area contributed by atoms with E-state index in [1.807, 2.05) is 6.07 Å². The van der Waals surface area contributed by atoms with Crippen molar-refractivity contribution in [3.8, 4) is 6.07 Å². The van der Waals surface area contributed by atoms with Crippen LogP contribution in [0.1, 0.15) is 25.0 Å². The third-order valence-corrected chi connectivity index (χ3v) is 4.46. The third kappa shape index (κ3) is 5.70. The summed E-state index contributed by atoms with van der Waals surface area (Å²) in [5, 5.41) is 8.69. The predicted molar refractivity (Wildman–Crippen MR) is 78.9 cm³/mol. The average Bonchev–Trinajstić information content (AvgIpc) is 2.44. The van der Waals surface area contributed by atoms with Crippen molar-refractivity contribution in [3.63, 3.8) is 0 Å². The van der Waals surface area contributed by atoms with Gasteiger partial charge in [0.1, 0.15) is 0 Å². The SMILES string of the molecule is CC[NH+](CC)CC[N-]S(=O)(=O)Cc1ccc(C#N)cc1. The van der Waals surface area contributed by atoms with E-state index in [4.69, 9.17) is 5.26 Å². The van der Waals surface area contributed by atoms with Crippen LogP contribution in [0.5, 0.6) is 0 Å². The summed E-state index contributed by atoms with van der Waals surface area (Å²) in [6.07, 6.45) is 0. The first-order valence-electron chi connectivity index (χ1n) is 6.74. The van der Waals surface area contributed by atoms with Crippen LogP contribution in [0, 0.1) is 11.3 Å². The first-order valence-corrected chi connectivity index (χ1v) is 8.35. The molecule has 0 saturated heterocycles. The van der Waals surface area contributed by atoms with Crippen molar-refractivity contribution in [2.24, 2.45) is 0 Å². The van der Waals surface area contributed by atoms with Crippen molar-refractivity contribution < 1.29 is 13.3 Å². The van der Waals surface area contributed by atoms with Crippen LogP contribution in [0.25, 0.3) is 4.72 Å². The Morgan fingerprint density at radius 1 is 1.20 bits per heavy atom. The molecule has 110 valence electrons. The zero-order valence-electron chi connectivity index (χ0n) is 12.0. The molecule has 0 fully saturated rings. The van der Waals surface area contributed by atoms with Gasteiger partial charge in [0.15, 0.2) is 0 Å². The standard InChI is InChI=1S/C14H20N3O2S/c1-3-17(4-2)10-9-16-20(18,19)12-14-7-5-13(11-15)6-8-14/h5-8H,3-4,9-10,12H2,1-2H3/q-1/p+1. The second-order valence-electron chi connectivity index (χ2n) is 4.59. The number of nitriles is 1. The van der Waals surface area contributed by atoms with Crippen LogP contribution >= 0.6 is 0 Å². The fourth-order valence-electron chi connectivity index (χ4n) is 1.88. The summed E-state index contributed by atoms with van der Waals surface area (Å²) in [4.78, 5) is 1.34. The molecule has 5 nitrogen and oxygen atoms in total. The van der Waals surface area contributed by atoms with Crippen molar-refractivity contribution in [3.05, 3.63) is 40.1 Å². The zero-order chi connectivity index (χ0) is 15.0. The molecule has 6 heteroatoms. The molecule has 0 aliphatic heterocycles. The van der Waals surface area contributed by atoms with Crippen LogP contribution in [0.2, 0.25) is 0 Å². The van der Waals surface area contributed by atoms with Crippen LogP contribution in [-0.2, 0) is 15.8 Å². The smallest absolute Gasteiger partial charge is 0.0991 e. The monoisotopic (exact) mass is 295 g/mol. The number of nitrogens with one attached hydrogen (secondary N) is 1. The highest BCUT2D eigenvalue weighted by Crippen LogP contribution is 2.12. The van der Waals surface area contributed by atoms with Crippen molar-refractivity contribution in [2.75, 3.05) is 26.2 Å². The molecule has 0 heterocycles. The lowest BCUT2D eigenvalue weighted by Crippen LogP contribution is -3.11. The fraction of sp³-hybridized carbons (Fsp3) is 0.500. The van der Waals surface area contributed by atoms with E-state index in [0.717, 1.165) is 19.6 Å². The highest BCUT2D eigenvalue weighted by molar-refractivity contribution is 7.93. The normalized spacial score (nSPS) is 11.5. The van der Waals surface area contributed by atoms with Crippen molar-refractivity contribution in [2.45, 2.75) is 19.6 Å². The maximum Gasteiger partial charge on any atom is 0.0991 e. The number of likely N-dealkylation sites (N-methyl/N-ethyl adjacent to an activating group) is 1. The molecule has 1 N–H and O–H groups in total. The molecule has 1 aromatic rings. The number of benzene rings is 1. The quantitative estimate of drug-likeness (QED) is 0.766. The number of hydrogen-bond donors (Lipinski definition) is 1. The van der Waals surface area contributed by atoms with Crippen molar-refractivity contribution >= 4 is 10.0 Å². The molecule has 0 atom stereocenters. The van der Waals surface area contributed by atoms with E-state index < -0.39 is 10.0 Å². The van der Waals surface area contributed by atoms with E-state index in [-0.39, 0.29) is 5.75 Å². The van der Waals surface area contributed by atoms with Gasteiger partial charge in [-0.05, 0) is 31.5 Å². The molecule has 0 aliphatic rings. The second-order valence-corrected chi connectivity index (χ2v) is 6.31. The van der Waals surface area contributed by atoms with Crippen LogP contribution in [0.15, 0.2) is 24.3 Å². The molecule has 0 bridgehead atoms. The molecule has 0 radical (unpaired) electrons. The lowest BCUT2D eigenvalue weighted by molar-refractivity contribution is -0.894. The summed E-state index contributed by atoms with van der Waals surface area (Å²) < 4.78 is 27.6. The van der Waals surface area contributed by atoms with E-state index in [0.29, 0.717) is 17.7 Å². The minimum Gasteiger partial charge on any atom is -0.544 e. The first-order chi connectivity index (χ1) is 9.50. The number of quaternary nitrogens is 1. The number of rotatable bonds is 8. The molecule has 20 heavy (non-hydrogen) atoms. The Hall–Kier alpha value is -1.42. The predicted octanol–water partition coefficient (Wildman–Crippen LogP) is 0.686. The molecule has 1 aromatic carbocycles. The topological polar surface area (TPSA) is 76.5 Å². The van der Waals surface area contributed by atoms with E-state index >= 15 is 0 Å². The Morgan fingerprint density at radius 3 is 2.30 bits per heavy atom. The highest BCUT2D eigenvalue weighted by atomic mass is 32.2. The van der Waals surface area contributed by atoms with Gasteiger partial charge < -0.3 is 9.62 Å². The number of sulfonamides is 1. The Labute approximate surface area is 121 Å². The molecular formula is C14H21N3O2S. The average molecular weight is 295 g/mol. The Kier molecular flexibility index (Phi) is 6.65. The Morgan fingerprint density at radius 2 is 1.80 bits per heavy atom. The molecule has 0 spiro atoms. The lowest BCUT2D eigenvalue weighted by atomic mass is 10.2. The largest absolute Gasteiger partial charge is 0.544 e. The molecule has 1 rings (SSSR count). The van der Waals surface area contributed by atoms with Gasteiger partial charge in [-0.2, -0.15) is 5.26 Å². The van der Waals surface area contributed by atoms with Crippen molar-refractivity contribution in [1.82, 2.24) is 0 Å². The van der Waals surface area contributed by atoms with E-state index in [1.54, 1.807) is 24.3 Å². The second kappa shape index (κ2) is 8.00. The van der Waals surface area contributed by atoms with Gasteiger partial charge in [0.2, 0.25) is 0 Å². The van der Waals surface area contributed by atoms with Gasteiger partial charge in [0.05, 0.1) is 47.0 Å². The van der Waals surface area contributed by atoms with E-state index in [1.165, 1.54) is 4.90 Å². The summed E-state index contributed by atoms with van der Waals surface area (Å²) in [5.41, 5.74) is 1.18.